The molecule has 2 fully saturated rings. The van der Waals surface area contributed by atoms with Crippen molar-refractivity contribution in [2.45, 2.75) is 25.5 Å². The van der Waals surface area contributed by atoms with Crippen LogP contribution in [0.25, 0.3) is 5.69 Å². The molecule has 3 heterocycles. The van der Waals surface area contributed by atoms with E-state index in [9.17, 15) is 8.78 Å². The van der Waals surface area contributed by atoms with Crippen molar-refractivity contribution in [2.75, 3.05) is 31.6 Å². The molecule has 1 atom stereocenters. The van der Waals surface area contributed by atoms with Crippen molar-refractivity contribution in [3.8, 4) is 11.4 Å². The number of anilines is 2. The Kier molecular flexibility index (Phi) is 5.29. The second kappa shape index (κ2) is 8.24. The fourth-order valence-electron chi connectivity index (χ4n) is 3.94. The molecule has 2 aliphatic heterocycles. The summed E-state index contributed by atoms with van der Waals surface area (Å²) in [4.78, 5) is 6.62. The molecule has 0 unspecified atom stereocenters. The Morgan fingerprint density at radius 1 is 1.10 bits per heavy atom. The molecule has 9 heteroatoms. The Hall–Kier alpha value is -3.04. The van der Waals surface area contributed by atoms with E-state index in [2.05, 4.69) is 20.3 Å². The summed E-state index contributed by atoms with van der Waals surface area (Å²) >= 11 is 0. The summed E-state index contributed by atoms with van der Waals surface area (Å²) in [6, 6.07) is 9.60. The molecule has 0 aliphatic carbocycles. The third-order valence-electron chi connectivity index (χ3n) is 5.53. The smallest absolute Gasteiger partial charge is 0.246 e. The number of benzene rings is 2. The normalized spacial score (nSPS) is 19.4. The van der Waals surface area contributed by atoms with Crippen molar-refractivity contribution in [1.82, 2.24) is 19.7 Å². The van der Waals surface area contributed by atoms with E-state index in [-0.39, 0.29) is 11.8 Å². The van der Waals surface area contributed by atoms with Gasteiger partial charge in [0.1, 0.15) is 29.8 Å². The molecule has 7 nitrogen and oxygen atoms in total. The Bertz CT molecular complexity index is 1070. The molecule has 1 N–H and O–H groups in total. The summed E-state index contributed by atoms with van der Waals surface area (Å²) in [5.41, 5.74) is 2.07. The van der Waals surface area contributed by atoms with Gasteiger partial charge in [-0.05, 0) is 43.2 Å². The first-order valence-corrected chi connectivity index (χ1v) is 10.3. The topological polar surface area (TPSA) is 64.4 Å². The van der Waals surface area contributed by atoms with E-state index in [1.807, 2.05) is 25.1 Å². The van der Waals surface area contributed by atoms with Crippen molar-refractivity contribution >= 4 is 11.6 Å². The zero-order valence-corrected chi connectivity index (χ0v) is 17.1. The van der Waals surface area contributed by atoms with Crippen molar-refractivity contribution in [3.63, 3.8) is 0 Å². The van der Waals surface area contributed by atoms with Crippen LogP contribution in [0.3, 0.4) is 0 Å². The lowest BCUT2D eigenvalue weighted by Crippen LogP contribution is -2.48. The number of hydrogen-bond acceptors (Lipinski definition) is 6. The van der Waals surface area contributed by atoms with Gasteiger partial charge in [0.15, 0.2) is 0 Å². The molecule has 0 amide bonds. The minimum Gasteiger partial charge on any atom is -0.489 e. The van der Waals surface area contributed by atoms with Gasteiger partial charge in [-0.3, -0.25) is 4.90 Å². The lowest BCUT2D eigenvalue weighted by Gasteiger charge is -2.34. The van der Waals surface area contributed by atoms with Gasteiger partial charge >= 0.3 is 0 Å². The number of rotatable bonds is 6. The van der Waals surface area contributed by atoms with E-state index in [0.717, 1.165) is 55.8 Å². The van der Waals surface area contributed by atoms with Crippen molar-refractivity contribution < 1.29 is 18.3 Å². The number of halogens is 2. The number of nitrogens with zero attached hydrogens (tertiary/aromatic N) is 4. The lowest BCUT2D eigenvalue weighted by atomic mass is 10.2. The van der Waals surface area contributed by atoms with Crippen LogP contribution in [0.1, 0.15) is 12.0 Å². The first-order valence-electron chi connectivity index (χ1n) is 10.3. The van der Waals surface area contributed by atoms with Gasteiger partial charge in [0.05, 0.1) is 24.9 Å². The highest BCUT2D eigenvalue weighted by atomic mass is 19.1. The quantitative estimate of drug-likeness (QED) is 0.650. The molecule has 2 saturated heterocycles. The van der Waals surface area contributed by atoms with Gasteiger partial charge in [-0.15, -0.1) is 5.10 Å². The Labute approximate surface area is 178 Å². The van der Waals surface area contributed by atoms with Crippen LogP contribution in [-0.4, -0.2) is 58.1 Å². The van der Waals surface area contributed by atoms with Gasteiger partial charge in [-0.1, -0.05) is 0 Å². The van der Waals surface area contributed by atoms with Gasteiger partial charge in [0, 0.05) is 30.9 Å². The van der Waals surface area contributed by atoms with E-state index < -0.39 is 11.6 Å². The second-order valence-corrected chi connectivity index (χ2v) is 8.01. The van der Waals surface area contributed by atoms with Crippen molar-refractivity contribution in [3.05, 3.63) is 59.9 Å². The Balaban J connectivity index is 1.27. The lowest BCUT2D eigenvalue weighted by molar-refractivity contribution is -0.0592. The van der Waals surface area contributed by atoms with Crippen LogP contribution in [0.5, 0.6) is 5.75 Å². The standard InChI is InChI=1S/C22H23F2N5O2/c1-14-4-17(9-21(5-14)31-20-2-3-28(10-20)19-11-30-12-19)26-22-25-13-29(27-22)18-7-15(23)6-16(24)8-18/h4-9,13,19-20H,2-3,10-12H2,1H3,(H,26,27)/t20-/m0/s1. The van der Waals surface area contributed by atoms with E-state index in [4.69, 9.17) is 9.47 Å². The molecule has 2 aromatic carbocycles. The largest absolute Gasteiger partial charge is 0.489 e. The summed E-state index contributed by atoms with van der Waals surface area (Å²) in [6.07, 6.45) is 2.54. The summed E-state index contributed by atoms with van der Waals surface area (Å²) in [6.45, 7) is 5.55. The van der Waals surface area contributed by atoms with Crippen LogP contribution in [0.15, 0.2) is 42.7 Å². The minimum atomic E-state index is -0.671. The molecular weight excluding hydrogens is 404 g/mol. The predicted octanol–water partition coefficient (Wildman–Crippen LogP) is 3.45. The summed E-state index contributed by atoms with van der Waals surface area (Å²) in [5, 5.41) is 7.40. The summed E-state index contributed by atoms with van der Waals surface area (Å²) in [5.74, 6) is -0.240. The molecule has 0 bridgehead atoms. The van der Waals surface area contributed by atoms with Crippen molar-refractivity contribution in [1.29, 1.82) is 0 Å². The number of hydrogen-bond donors (Lipinski definition) is 1. The number of likely N-dealkylation sites (tertiary alicyclic amines) is 1. The molecule has 2 aliphatic rings. The highest BCUT2D eigenvalue weighted by Gasteiger charge is 2.33. The van der Waals surface area contributed by atoms with Crippen LogP contribution in [0.2, 0.25) is 0 Å². The zero-order valence-electron chi connectivity index (χ0n) is 17.1. The second-order valence-electron chi connectivity index (χ2n) is 8.01. The van der Waals surface area contributed by atoms with Gasteiger partial charge in [0.25, 0.3) is 0 Å². The number of aryl methyl sites for hydroxylation is 1. The molecule has 0 spiro atoms. The predicted molar refractivity (Wildman–Crippen MR) is 111 cm³/mol. The highest BCUT2D eigenvalue weighted by Crippen LogP contribution is 2.27. The van der Waals surface area contributed by atoms with Crippen LogP contribution in [0.4, 0.5) is 20.4 Å². The average Bonchev–Trinajstić information content (AvgIpc) is 3.29. The third kappa shape index (κ3) is 4.52. The summed E-state index contributed by atoms with van der Waals surface area (Å²) in [7, 11) is 0. The molecular formula is C22H23F2N5O2. The van der Waals surface area contributed by atoms with Crippen LogP contribution >= 0.6 is 0 Å². The molecule has 1 aromatic heterocycles. The molecule has 0 radical (unpaired) electrons. The van der Waals surface area contributed by atoms with E-state index in [1.54, 1.807) is 0 Å². The van der Waals surface area contributed by atoms with E-state index in [1.165, 1.54) is 23.1 Å². The molecule has 3 aromatic rings. The van der Waals surface area contributed by atoms with Crippen LogP contribution < -0.4 is 10.1 Å². The third-order valence-corrected chi connectivity index (χ3v) is 5.53. The maximum atomic E-state index is 13.5. The van der Waals surface area contributed by atoms with Gasteiger partial charge < -0.3 is 14.8 Å². The molecule has 31 heavy (non-hydrogen) atoms. The number of aromatic nitrogens is 3. The Morgan fingerprint density at radius 2 is 1.90 bits per heavy atom. The molecule has 0 saturated carbocycles. The first kappa shape index (κ1) is 19.9. The maximum absolute atomic E-state index is 13.5. The highest BCUT2D eigenvalue weighted by molar-refractivity contribution is 5.57. The maximum Gasteiger partial charge on any atom is 0.246 e. The Morgan fingerprint density at radius 3 is 2.65 bits per heavy atom. The molecule has 162 valence electrons. The summed E-state index contributed by atoms with van der Waals surface area (Å²) < 4.78 is 39.8. The monoisotopic (exact) mass is 427 g/mol. The average molecular weight is 427 g/mol. The fourth-order valence-corrected chi connectivity index (χ4v) is 3.94. The fraction of sp³-hybridized carbons (Fsp3) is 0.364. The van der Waals surface area contributed by atoms with Gasteiger partial charge in [-0.25, -0.2) is 13.5 Å². The van der Waals surface area contributed by atoms with E-state index in [0.29, 0.717) is 12.0 Å². The van der Waals surface area contributed by atoms with Gasteiger partial charge in [-0.2, -0.15) is 4.98 Å². The van der Waals surface area contributed by atoms with Crippen molar-refractivity contribution in [2.24, 2.45) is 0 Å². The number of nitrogens with one attached hydrogen (secondary N) is 1. The zero-order chi connectivity index (χ0) is 21.4. The van der Waals surface area contributed by atoms with E-state index >= 15 is 0 Å². The minimum absolute atomic E-state index is 0.149. The van der Waals surface area contributed by atoms with Crippen LogP contribution in [-0.2, 0) is 4.74 Å². The SMILES string of the molecule is Cc1cc(Nc2ncn(-c3cc(F)cc(F)c3)n2)cc(O[C@H]2CCN(C3COC3)C2)c1. The van der Waals surface area contributed by atoms with Gasteiger partial charge in [0.2, 0.25) is 5.95 Å². The van der Waals surface area contributed by atoms with Crippen LogP contribution in [0, 0.1) is 18.6 Å². The number of ether oxygens (including phenoxy) is 2. The molecule has 5 rings (SSSR count). The first-order chi connectivity index (χ1) is 15.0.